The van der Waals surface area contributed by atoms with Gasteiger partial charge >= 0.3 is 0 Å². The molecule has 0 amide bonds. The maximum absolute atomic E-state index is 10.4. The number of hydrogen-bond acceptors (Lipinski definition) is 8. The minimum absolute atomic E-state index is 0.352. The molecule has 2 aromatic heterocycles. The number of rotatable bonds is 10. The molecule has 2 unspecified atom stereocenters. The predicted molar refractivity (Wildman–Crippen MR) is 135 cm³/mol. The van der Waals surface area contributed by atoms with Crippen molar-refractivity contribution in [3.8, 4) is 0 Å². The highest BCUT2D eigenvalue weighted by atomic mass is 16.6. The van der Waals surface area contributed by atoms with Gasteiger partial charge in [-0.2, -0.15) is 0 Å². The van der Waals surface area contributed by atoms with Crippen molar-refractivity contribution >= 4 is 17.0 Å². The lowest BCUT2D eigenvalue weighted by molar-refractivity contribution is -0.0511. The fourth-order valence-electron chi connectivity index (χ4n) is 4.85. The number of aliphatic hydroxyl groups is 3. The first-order valence-electron chi connectivity index (χ1n) is 12.3. The molecule has 4 N–H and O–H groups in total. The highest BCUT2D eigenvalue weighted by Crippen LogP contribution is 2.32. The van der Waals surface area contributed by atoms with Crippen molar-refractivity contribution < 1.29 is 20.1 Å². The van der Waals surface area contributed by atoms with Crippen LogP contribution in [-0.4, -0.2) is 66.3 Å². The zero-order valence-electron chi connectivity index (χ0n) is 19.9. The Hall–Kier alpha value is -3.37. The van der Waals surface area contributed by atoms with E-state index in [-0.39, 0.29) is 0 Å². The van der Waals surface area contributed by atoms with Crippen molar-refractivity contribution in [2.45, 2.75) is 49.7 Å². The number of benzene rings is 2. The normalized spacial score (nSPS) is 21.9. The quantitative estimate of drug-likeness (QED) is 0.251. The molecule has 188 valence electrons. The molecule has 9 nitrogen and oxygen atoms in total. The van der Waals surface area contributed by atoms with Gasteiger partial charge in [0.15, 0.2) is 23.2 Å². The van der Waals surface area contributed by atoms with E-state index in [1.807, 2.05) is 12.1 Å². The number of nitrogens with zero attached hydrogens (tertiary/aromatic N) is 4. The van der Waals surface area contributed by atoms with Crippen molar-refractivity contribution in [3.05, 3.63) is 84.4 Å². The second kappa shape index (κ2) is 11.1. The van der Waals surface area contributed by atoms with Crippen LogP contribution in [0.5, 0.6) is 0 Å². The zero-order chi connectivity index (χ0) is 24.9. The molecule has 36 heavy (non-hydrogen) atoms. The Morgan fingerprint density at radius 1 is 0.889 bits per heavy atom. The van der Waals surface area contributed by atoms with Gasteiger partial charge in [0.1, 0.15) is 24.6 Å². The van der Waals surface area contributed by atoms with Crippen molar-refractivity contribution in [2.24, 2.45) is 0 Å². The second-order valence-electron chi connectivity index (χ2n) is 9.07. The largest absolute Gasteiger partial charge is 0.394 e. The first-order chi connectivity index (χ1) is 17.7. The van der Waals surface area contributed by atoms with Gasteiger partial charge in [-0.1, -0.05) is 67.1 Å². The third-order valence-corrected chi connectivity index (χ3v) is 6.77. The first kappa shape index (κ1) is 24.3. The smallest absolute Gasteiger partial charge is 0.167 e. The van der Waals surface area contributed by atoms with Crippen LogP contribution in [0.4, 0.5) is 5.82 Å². The predicted octanol–water partition coefficient (Wildman–Crippen LogP) is 2.85. The Balaban J connectivity index is 1.22. The van der Waals surface area contributed by atoms with Crippen LogP contribution in [-0.2, 0) is 4.74 Å². The number of ether oxygens (including phenoxy) is 1. The number of unbranched alkanes of at least 4 members (excludes halogenated alkanes) is 1. The molecule has 1 aliphatic heterocycles. The first-order valence-corrected chi connectivity index (χ1v) is 12.3. The number of hydrogen-bond donors (Lipinski definition) is 4. The van der Waals surface area contributed by atoms with Gasteiger partial charge in [0.05, 0.1) is 12.9 Å². The molecule has 0 radical (unpaired) electrons. The molecule has 9 heteroatoms. The topological polar surface area (TPSA) is 126 Å². The Labute approximate surface area is 209 Å². The molecular weight excluding hydrogens is 458 g/mol. The fourth-order valence-corrected chi connectivity index (χ4v) is 4.85. The van der Waals surface area contributed by atoms with Crippen LogP contribution < -0.4 is 5.32 Å². The van der Waals surface area contributed by atoms with E-state index < -0.39 is 31.1 Å². The van der Waals surface area contributed by atoms with E-state index >= 15 is 0 Å². The standard InChI is InChI=1S/C27H31N5O4/c33-15-21-23(34)24(35)27(36-21)32-17-31-22-25(29-16-30-26(22)32)28-14-8-7-13-20(18-9-3-1-4-10-18)19-11-5-2-6-12-19/h1-6,9-12,16-17,20-21,23-24,27,33-35H,7-8,13-15H2,(H,28,29,30)/t21-,23?,24?,27-/m1/s1. The summed E-state index contributed by atoms with van der Waals surface area (Å²) in [6, 6.07) is 21.2. The molecular formula is C27H31N5O4. The third kappa shape index (κ3) is 4.96. The van der Waals surface area contributed by atoms with Gasteiger partial charge < -0.3 is 25.4 Å². The number of fused-ring (bicyclic) bond motifs is 1. The number of imidazole rings is 1. The lowest BCUT2D eigenvalue weighted by atomic mass is 9.87. The van der Waals surface area contributed by atoms with Crippen LogP contribution in [0.2, 0.25) is 0 Å². The van der Waals surface area contributed by atoms with Crippen molar-refractivity contribution in [3.63, 3.8) is 0 Å². The molecule has 0 bridgehead atoms. The number of aromatic nitrogens is 4. The van der Waals surface area contributed by atoms with Gasteiger partial charge in [-0.05, 0) is 24.0 Å². The molecule has 0 saturated carbocycles. The molecule has 1 aliphatic rings. The summed E-state index contributed by atoms with van der Waals surface area (Å²) in [4.78, 5) is 13.1. The summed E-state index contributed by atoms with van der Waals surface area (Å²) in [5.41, 5.74) is 3.69. The molecule has 4 atom stereocenters. The van der Waals surface area contributed by atoms with Gasteiger partial charge in [0, 0.05) is 12.5 Å². The highest BCUT2D eigenvalue weighted by Gasteiger charge is 2.44. The summed E-state index contributed by atoms with van der Waals surface area (Å²) in [6.45, 7) is 0.335. The van der Waals surface area contributed by atoms with E-state index in [0.717, 1.165) is 25.8 Å². The van der Waals surface area contributed by atoms with Crippen LogP contribution >= 0.6 is 0 Å². The fraction of sp³-hybridized carbons (Fsp3) is 0.370. The summed E-state index contributed by atoms with van der Waals surface area (Å²) in [5, 5.41) is 33.2. The Morgan fingerprint density at radius 3 is 2.22 bits per heavy atom. The van der Waals surface area contributed by atoms with Gasteiger partial charge in [0.2, 0.25) is 0 Å². The SMILES string of the molecule is OC[C@H]1O[C@@H](n2cnc3c(NCCCCC(c4ccccc4)c4ccccc4)ncnc32)C(O)C1O. The third-order valence-electron chi connectivity index (χ3n) is 6.77. The van der Waals surface area contributed by atoms with Crippen molar-refractivity contribution in [1.29, 1.82) is 0 Å². The highest BCUT2D eigenvalue weighted by molar-refractivity contribution is 5.82. The Kier molecular flexibility index (Phi) is 7.52. The minimum Gasteiger partial charge on any atom is -0.394 e. The van der Waals surface area contributed by atoms with Crippen LogP contribution in [0.3, 0.4) is 0 Å². The number of aliphatic hydroxyl groups excluding tert-OH is 3. The monoisotopic (exact) mass is 489 g/mol. The summed E-state index contributed by atoms with van der Waals surface area (Å²) in [7, 11) is 0. The summed E-state index contributed by atoms with van der Waals surface area (Å²) >= 11 is 0. The maximum Gasteiger partial charge on any atom is 0.167 e. The van der Waals surface area contributed by atoms with Crippen LogP contribution in [0.1, 0.15) is 42.5 Å². The zero-order valence-corrected chi connectivity index (χ0v) is 19.9. The molecule has 5 rings (SSSR count). The second-order valence-corrected chi connectivity index (χ2v) is 9.07. The Bertz CT molecular complexity index is 1210. The number of anilines is 1. The Morgan fingerprint density at radius 2 is 1.58 bits per heavy atom. The van der Waals surface area contributed by atoms with Gasteiger partial charge in [-0.25, -0.2) is 15.0 Å². The van der Waals surface area contributed by atoms with Gasteiger partial charge in [-0.3, -0.25) is 4.57 Å². The average Bonchev–Trinajstić information content (AvgIpc) is 3.48. The van der Waals surface area contributed by atoms with Gasteiger partial charge in [-0.15, -0.1) is 0 Å². The van der Waals surface area contributed by atoms with Gasteiger partial charge in [0.25, 0.3) is 0 Å². The lowest BCUT2D eigenvalue weighted by Gasteiger charge is -2.18. The van der Waals surface area contributed by atoms with Crippen LogP contribution in [0.25, 0.3) is 11.2 Å². The summed E-state index contributed by atoms with van der Waals surface area (Å²) in [5.74, 6) is 0.956. The molecule has 1 saturated heterocycles. The van der Waals surface area contributed by atoms with E-state index in [1.165, 1.54) is 23.8 Å². The maximum atomic E-state index is 10.4. The summed E-state index contributed by atoms with van der Waals surface area (Å²) < 4.78 is 7.19. The van der Waals surface area contributed by atoms with Crippen molar-refractivity contribution in [1.82, 2.24) is 19.5 Å². The van der Waals surface area contributed by atoms with Crippen LogP contribution in [0, 0.1) is 0 Å². The van der Waals surface area contributed by atoms with E-state index in [4.69, 9.17) is 4.74 Å². The summed E-state index contributed by atoms with van der Waals surface area (Å²) in [6.07, 6.45) is 1.83. The number of nitrogens with one attached hydrogen (secondary N) is 1. The molecule has 3 heterocycles. The molecule has 0 aliphatic carbocycles. The van der Waals surface area contributed by atoms with E-state index in [2.05, 4.69) is 68.8 Å². The lowest BCUT2D eigenvalue weighted by Crippen LogP contribution is -2.33. The molecule has 1 fully saturated rings. The van der Waals surface area contributed by atoms with Crippen molar-refractivity contribution in [2.75, 3.05) is 18.5 Å². The molecule has 0 spiro atoms. The average molecular weight is 490 g/mol. The molecule has 4 aromatic rings. The molecule has 2 aromatic carbocycles. The van der Waals surface area contributed by atoms with E-state index in [0.29, 0.717) is 22.9 Å². The van der Waals surface area contributed by atoms with E-state index in [1.54, 1.807) is 4.57 Å². The van der Waals surface area contributed by atoms with E-state index in [9.17, 15) is 15.3 Å². The van der Waals surface area contributed by atoms with Crippen LogP contribution in [0.15, 0.2) is 73.3 Å². The minimum atomic E-state index is -1.20.